The number of carbonyl (C=O) groups excluding carboxylic acids is 1. The van der Waals surface area contributed by atoms with Gasteiger partial charge in [0.05, 0.1) is 13.7 Å². The molecule has 0 amide bonds. The molecule has 0 heterocycles. The van der Waals surface area contributed by atoms with E-state index in [1.807, 2.05) is 68.4 Å². The molecule has 1 atom stereocenters. The lowest BCUT2D eigenvalue weighted by atomic mass is 10.0. The lowest BCUT2D eigenvalue weighted by Gasteiger charge is -2.27. The maximum atomic E-state index is 12.5. The number of rotatable bonds is 7. The van der Waals surface area contributed by atoms with E-state index in [1.165, 1.54) is 11.8 Å². The van der Waals surface area contributed by atoms with E-state index in [0.717, 1.165) is 16.2 Å². The van der Waals surface area contributed by atoms with E-state index in [-0.39, 0.29) is 5.97 Å². The summed E-state index contributed by atoms with van der Waals surface area (Å²) in [5.41, 5.74) is 1.11. The summed E-state index contributed by atoms with van der Waals surface area (Å²) in [7, 11) is 1.64. The molecule has 0 saturated carbocycles. The standard InChI is InChI=1S/C19H22O3S/c1-4-22-18(20)19(2,14-15-8-6-5-7-9-15)23-17-12-10-16(21-3)11-13-17/h5-13H,4,14H2,1-3H3. The smallest absolute Gasteiger partial charge is 0.322 e. The van der Waals surface area contributed by atoms with E-state index in [9.17, 15) is 4.79 Å². The molecule has 122 valence electrons. The minimum Gasteiger partial charge on any atom is -0.497 e. The van der Waals surface area contributed by atoms with Crippen LogP contribution in [0.15, 0.2) is 59.5 Å². The van der Waals surface area contributed by atoms with Gasteiger partial charge in [-0.25, -0.2) is 0 Å². The zero-order valence-corrected chi connectivity index (χ0v) is 14.6. The second-order valence-electron chi connectivity index (χ2n) is 5.39. The van der Waals surface area contributed by atoms with E-state index in [0.29, 0.717) is 13.0 Å². The Bertz CT molecular complexity index is 625. The number of hydrogen-bond donors (Lipinski definition) is 0. The van der Waals surface area contributed by atoms with Crippen LogP contribution >= 0.6 is 11.8 Å². The fourth-order valence-corrected chi connectivity index (χ4v) is 3.50. The number of carbonyl (C=O) groups is 1. The lowest BCUT2D eigenvalue weighted by Crippen LogP contribution is -2.36. The van der Waals surface area contributed by atoms with E-state index in [1.54, 1.807) is 7.11 Å². The fourth-order valence-electron chi connectivity index (χ4n) is 2.32. The zero-order valence-electron chi connectivity index (χ0n) is 13.7. The maximum Gasteiger partial charge on any atom is 0.322 e. The van der Waals surface area contributed by atoms with Gasteiger partial charge in [0.15, 0.2) is 0 Å². The van der Waals surface area contributed by atoms with Gasteiger partial charge in [0, 0.05) is 4.90 Å². The Morgan fingerprint density at radius 3 is 2.30 bits per heavy atom. The van der Waals surface area contributed by atoms with Gasteiger partial charge in [-0.2, -0.15) is 0 Å². The molecule has 0 fully saturated rings. The third-order valence-corrected chi connectivity index (χ3v) is 4.76. The normalized spacial score (nSPS) is 13.2. The summed E-state index contributed by atoms with van der Waals surface area (Å²) in [5, 5.41) is 0. The van der Waals surface area contributed by atoms with Crippen LogP contribution < -0.4 is 4.74 Å². The van der Waals surface area contributed by atoms with Gasteiger partial charge >= 0.3 is 5.97 Å². The highest BCUT2D eigenvalue weighted by molar-refractivity contribution is 8.01. The van der Waals surface area contributed by atoms with E-state index in [2.05, 4.69) is 0 Å². The van der Waals surface area contributed by atoms with Gasteiger partial charge in [-0.05, 0) is 50.1 Å². The molecule has 4 heteroatoms. The molecule has 2 aromatic carbocycles. The molecule has 0 radical (unpaired) electrons. The Morgan fingerprint density at radius 2 is 1.74 bits per heavy atom. The Labute approximate surface area is 142 Å². The third kappa shape index (κ3) is 4.76. The van der Waals surface area contributed by atoms with E-state index >= 15 is 0 Å². The monoisotopic (exact) mass is 330 g/mol. The molecule has 1 unspecified atom stereocenters. The first-order chi connectivity index (χ1) is 11.1. The van der Waals surface area contributed by atoms with Crippen molar-refractivity contribution in [1.29, 1.82) is 0 Å². The molecule has 0 spiro atoms. The molecule has 0 aliphatic heterocycles. The second-order valence-corrected chi connectivity index (χ2v) is 6.97. The molecular formula is C19H22O3S. The van der Waals surface area contributed by atoms with Crippen molar-refractivity contribution in [3.8, 4) is 5.75 Å². The number of methoxy groups -OCH3 is 1. The Kier molecular flexibility index (Phi) is 6.11. The van der Waals surface area contributed by atoms with Crippen LogP contribution in [0.5, 0.6) is 5.75 Å². The summed E-state index contributed by atoms with van der Waals surface area (Å²) in [5.74, 6) is 0.611. The van der Waals surface area contributed by atoms with E-state index < -0.39 is 4.75 Å². The minimum absolute atomic E-state index is 0.190. The van der Waals surface area contributed by atoms with Crippen LogP contribution in [0.25, 0.3) is 0 Å². The van der Waals surface area contributed by atoms with Gasteiger partial charge < -0.3 is 9.47 Å². The first kappa shape index (κ1) is 17.4. The highest BCUT2D eigenvalue weighted by Gasteiger charge is 2.36. The van der Waals surface area contributed by atoms with Crippen LogP contribution in [0.4, 0.5) is 0 Å². The lowest BCUT2D eigenvalue weighted by molar-refractivity contribution is -0.145. The predicted molar refractivity (Wildman–Crippen MR) is 94.0 cm³/mol. The van der Waals surface area contributed by atoms with Crippen molar-refractivity contribution in [2.24, 2.45) is 0 Å². The average Bonchev–Trinajstić information content (AvgIpc) is 2.56. The third-order valence-electron chi connectivity index (χ3n) is 3.49. The van der Waals surface area contributed by atoms with Crippen LogP contribution in [-0.4, -0.2) is 24.4 Å². The zero-order chi connectivity index (χ0) is 16.7. The van der Waals surface area contributed by atoms with Crippen molar-refractivity contribution in [3.05, 3.63) is 60.2 Å². The molecule has 0 N–H and O–H groups in total. The van der Waals surface area contributed by atoms with Crippen molar-refractivity contribution in [3.63, 3.8) is 0 Å². The van der Waals surface area contributed by atoms with Gasteiger partial charge in [-0.1, -0.05) is 30.3 Å². The topological polar surface area (TPSA) is 35.5 Å². The number of esters is 1. The molecule has 0 aliphatic carbocycles. The molecular weight excluding hydrogens is 308 g/mol. The molecule has 23 heavy (non-hydrogen) atoms. The van der Waals surface area contributed by atoms with Crippen molar-refractivity contribution >= 4 is 17.7 Å². The van der Waals surface area contributed by atoms with Crippen molar-refractivity contribution in [2.75, 3.05) is 13.7 Å². The van der Waals surface area contributed by atoms with Crippen LogP contribution in [0, 0.1) is 0 Å². The first-order valence-corrected chi connectivity index (χ1v) is 8.43. The van der Waals surface area contributed by atoms with E-state index in [4.69, 9.17) is 9.47 Å². The van der Waals surface area contributed by atoms with Crippen molar-refractivity contribution < 1.29 is 14.3 Å². The molecule has 2 aromatic rings. The molecule has 0 aliphatic rings. The van der Waals surface area contributed by atoms with Gasteiger partial charge in [-0.3, -0.25) is 4.79 Å². The quantitative estimate of drug-likeness (QED) is 0.558. The van der Waals surface area contributed by atoms with Gasteiger partial charge in [-0.15, -0.1) is 11.8 Å². The van der Waals surface area contributed by atoms with Crippen LogP contribution in [0.1, 0.15) is 19.4 Å². The van der Waals surface area contributed by atoms with Crippen molar-refractivity contribution in [2.45, 2.75) is 29.9 Å². The summed E-state index contributed by atoms with van der Waals surface area (Å²) < 4.78 is 9.82. The van der Waals surface area contributed by atoms with Crippen LogP contribution in [-0.2, 0) is 16.0 Å². The SMILES string of the molecule is CCOC(=O)C(C)(Cc1ccccc1)Sc1ccc(OC)cc1. The fraction of sp³-hybridized carbons (Fsp3) is 0.316. The van der Waals surface area contributed by atoms with Gasteiger partial charge in [0.2, 0.25) is 0 Å². The minimum atomic E-state index is -0.675. The predicted octanol–water partition coefficient (Wildman–Crippen LogP) is 4.35. The second kappa shape index (κ2) is 8.06. The summed E-state index contributed by atoms with van der Waals surface area (Å²) in [6.45, 7) is 4.15. The average molecular weight is 330 g/mol. The van der Waals surface area contributed by atoms with Gasteiger partial charge in [0.25, 0.3) is 0 Å². The number of hydrogen-bond acceptors (Lipinski definition) is 4. The molecule has 0 bridgehead atoms. The number of benzene rings is 2. The van der Waals surface area contributed by atoms with Crippen LogP contribution in [0.2, 0.25) is 0 Å². The first-order valence-electron chi connectivity index (χ1n) is 7.61. The summed E-state index contributed by atoms with van der Waals surface area (Å²) >= 11 is 1.52. The Balaban J connectivity index is 2.23. The van der Waals surface area contributed by atoms with Crippen LogP contribution in [0.3, 0.4) is 0 Å². The molecule has 0 aromatic heterocycles. The highest BCUT2D eigenvalue weighted by Crippen LogP contribution is 2.37. The Hall–Kier alpha value is -1.94. The molecule has 3 nitrogen and oxygen atoms in total. The van der Waals surface area contributed by atoms with Crippen molar-refractivity contribution in [1.82, 2.24) is 0 Å². The molecule has 0 saturated heterocycles. The Morgan fingerprint density at radius 1 is 1.09 bits per heavy atom. The highest BCUT2D eigenvalue weighted by atomic mass is 32.2. The number of ether oxygens (including phenoxy) is 2. The summed E-state index contributed by atoms with van der Waals surface area (Å²) in [4.78, 5) is 13.5. The number of thioether (sulfide) groups is 1. The largest absolute Gasteiger partial charge is 0.497 e. The molecule has 2 rings (SSSR count). The summed E-state index contributed by atoms with van der Waals surface area (Å²) in [6.07, 6.45) is 0.614. The van der Waals surface area contributed by atoms with Gasteiger partial charge in [0.1, 0.15) is 10.5 Å². The maximum absolute atomic E-state index is 12.5. The summed E-state index contributed by atoms with van der Waals surface area (Å²) in [6, 6.07) is 17.7.